The molecule has 0 saturated heterocycles. The van der Waals surface area contributed by atoms with E-state index in [0.29, 0.717) is 22.2 Å². The number of halogens is 5. The smallest absolute Gasteiger partial charge is 0.350 e. The summed E-state index contributed by atoms with van der Waals surface area (Å²) in [5.41, 5.74) is -1.18. The zero-order chi connectivity index (χ0) is 24.5. The molecule has 1 heterocycles. The minimum atomic E-state index is -4.79. The minimum absolute atomic E-state index is 0.141. The van der Waals surface area contributed by atoms with Gasteiger partial charge in [-0.05, 0) is 42.0 Å². The maximum Gasteiger partial charge on any atom is 0.416 e. The van der Waals surface area contributed by atoms with Gasteiger partial charge in [0, 0.05) is 12.1 Å². The maximum atomic E-state index is 13.3. The van der Waals surface area contributed by atoms with Gasteiger partial charge in [0.05, 0.1) is 21.5 Å². The fourth-order valence-electron chi connectivity index (χ4n) is 3.52. The zero-order valence-corrected chi connectivity index (χ0v) is 18.1. The molecule has 5 nitrogen and oxygen atoms in total. The molecule has 0 aliphatic carbocycles. The van der Waals surface area contributed by atoms with Crippen LogP contribution in [0.2, 0.25) is 5.02 Å². The van der Waals surface area contributed by atoms with Crippen molar-refractivity contribution in [1.82, 2.24) is 14.9 Å². The monoisotopic (exact) mass is 489 g/mol. The number of fused-ring (bicyclic) bond motifs is 1. The van der Waals surface area contributed by atoms with Crippen molar-refractivity contribution in [3.05, 3.63) is 99.1 Å². The molecule has 0 saturated carbocycles. The molecule has 10 heteroatoms. The molecule has 0 radical (unpaired) electrons. The summed E-state index contributed by atoms with van der Waals surface area (Å²) in [5, 5.41) is 2.94. The lowest BCUT2D eigenvalue weighted by molar-refractivity contribution is -0.138. The van der Waals surface area contributed by atoms with E-state index in [1.54, 1.807) is 48.5 Å². The van der Waals surface area contributed by atoms with Gasteiger partial charge >= 0.3 is 6.18 Å². The molecule has 0 aliphatic heterocycles. The molecule has 0 bridgehead atoms. The third-order valence-electron chi connectivity index (χ3n) is 5.13. The Hall–Kier alpha value is -3.72. The van der Waals surface area contributed by atoms with E-state index in [-0.39, 0.29) is 16.8 Å². The van der Waals surface area contributed by atoms with Crippen LogP contribution in [-0.4, -0.2) is 15.5 Å². The van der Waals surface area contributed by atoms with Gasteiger partial charge in [-0.15, -0.1) is 0 Å². The van der Waals surface area contributed by atoms with Gasteiger partial charge in [0.2, 0.25) is 5.91 Å². The number of amides is 1. The van der Waals surface area contributed by atoms with Crippen molar-refractivity contribution in [2.75, 3.05) is 0 Å². The lowest BCUT2D eigenvalue weighted by atomic mass is 10.1. The summed E-state index contributed by atoms with van der Waals surface area (Å²) < 4.78 is 54.2. The van der Waals surface area contributed by atoms with Crippen LogP contribution in [-0.2, 0) is 24.1 Å². The molecule has 1 aromatic heterocycles. The van der Waals surface area contributed by atoms with Crippen LogP contribution in [0.4, 0.5) is 17.6 Å². The number of hydrogen-bond acceptors (Lipinski definition) is 3. The van der Waals surface area contributed by atoms with E-state index >= 15 is 0 Å². The highest BCUT2D eigenvalue weighted by molar-refractivity contribution is 6.33. The Bertz CT molecular complexity index is 1450. The summed E-state index contributed by atoms with van der Waals surface area (Å²) in [5.74, 6) is -1.63. The van der Waals surface area contributed by atoms with E-state index in [1.807, 2.05) is 0 Å². The van der Waals surface area contributed by atoms with Crippen LogP contribution >= 0.6 is 11.6 Å². The SMILES string of the molecule is O=C(Cn1c(-c2ccccc2Cl)nc2ccccc2c1=O)NCc1ccc(F)cc1C(F)(F)F. The summed E-state index contributed by atoms with van der Waals surface area (Å²) in [6.45, 7) is -1.02. The normalized spacial score (nSPS) is 11.6. The van der Waals surface area contributed by atoms with Crippen LogP contribution in [0.5, 0.6) is 0 Å². The highest BCUT2D eigenvalue weighted by Gasteiger charge is 2.33. The molecule has 4 rings (SSSR count). The molecule has 0 unspecified atom stereocenters. The Kier molecular flexibility index (Phi) is 6.39. The highest BCUT2D eigenvalue weighted by Crippen LogP contribution is 2.32. The summed E-state index contributed by atoms with van der Waals surface area (Å²) in [6, 6.07) is 15.4. The van der Waals surface area contributed by atoms with Gasteiger partial charge in [0.25, 0.3) is 5.56 Å². The topological polar surface area (TPSA) is 64.0 Å². The van der Waals surface area contributed by atoms with E-state index in [4.69, 9.17) is 11.6 Å². The standard InChI is InChI=1S/C24H16ClF4N3O2/c25-19-7-3-1-5-16(19)22-31-20-8-4-2-6-17(20)23(34)32(22)13-21(33)30-12-14-9-10-15(26)11-18(14)24(27,28)29/h1-11H,12-13H2,(H,30,33). The number of rotatable bonds is 5. The molecule has 3 aromatic carbocycles. The fourth-order valence-corrected chi connectivity index (χ4v) is 3.74. The van der Waals surface area contributed by atoms with E-state index in [9.17, 15) is 27.2 Å². The molecule has 0 atom stereocenters. The number of benzene rings is 3. The van der Waals surface area contributed by atoms with Crippen LogP contribution < -0.4 is 10.9 Å². The molecule has 174 valence electrons. The van der Waals surface area contributed by atoms with Gasteiger partial charge in [-0.3, -0.25) is 14.2 Å². The lowest BCUT2D eigenvalue weighted by Crippen LogP contribution is -2.34. The number of carbonyl (C=O) groups excluding carboxylic acids is 1. The largest absolute Gasteiger partial charge is 0.416 e. The first-order valence-corrected chi connectivity index (χ1v) is 10.4. The summed E-state index contributed by atoms with van der Waals surface area (Å²) in [4.78, 5) is 30.4. The number of nitrogens with zero attached hydrogens (tertiary/aromatic N) is 2. The number of nitrogens with one attached hydrogen (secondary N) is 1. The second-order valence-corrected chi connectivity index (χ2v) is 7.81. The quantitative estimate of drug-likeness (QED) is 0.392. The Labute approximate surface area is 195 Å². The molecule has 0 spiro atoms. The van der Waals surface area contributed by atoms with Gasteiger partial charge in [0.1, 0.15) is 18.2 Å². The molecular weight excluding hydrogens is 474 g/mol. The lowest BCUT2D eigenvalue weighted by Gasteiger charge is -2.16. The van der Waals surface area contributed by atoms with Gasteiger partial charge in [-0.25, -0.2) is 9.37 Å². The molecule has 4 aromatic rings. The summed E-state index contributed by atoms with van der Waals surface area (Å²) >= 11 is 6.29. The van der Waals surface area contributed by atoms with E-state index < -0.39 is 42.1 Å². The zero-order valence-electron chi connectivity index (χ0n) is 17.4. The van der Waals surface area contributed by atoms with Crippen molar-refractivity contribution in [3.8, 4) is 11.4 Å². The minimum Gasteiger partial charge on any atom is -0.350 e. The average Bonchev–Trinajstić information content (AvgIpc) is 2.80. The number of aromatic nitrogens is 2. The van der Waals surface area contributed by atoms with Crippen LogP contribution in [0.3, 0.4) is 0 Å². The number of carbonyl (C=O) groups is 1. The van der Waals surface area contributed by atoms with Gasteiger partial charge in [-0.2, -0.15) is 13.2 Å². The Balaban J connectivity index is 1.68. The second-order valence-electron chi connectivity index (χ2n) is 7.40. The van der Waals surface area contributed by atoms with Crippen LogP contribution in [0.15, 0.2) is 71.5 Å². The molecule has 0 fully saturated rings. The first-order valence-electron chi connectivity index (χ1n) is 10.0. The molecular formula is C24H16ClF4N3O2. The molecule has 0 aliphatic rings. The van der Waals surface area contributed by atoms with Crippen molar-refractivity contribution in [1.29, 1.82) is 0 Å². The van der Waals surface area contributed by atoms with E-state index in [1.165, 1.54) is 0 Å². The number of hydrogen-bond donors (Lipinski definition) is 1. The van der Waals surface area contributed by atoms with Crippen LogP contribution in [0.25, 0.3) is 22.3 Å². The molecule has 34 heavy (non-hydrogen) atoms. The van der Waals surface area contributed by atoms with Crippen LogP contribution in [0.1, 0.15) is 11.1 Å². The second kappa shape index (κ2) is 9.26. The maximum absolute atomic E-state index is 13.3. The number of alkyl halides is 3. The Morgan fingerprint density at radius 1 is 1.03 bits per heavy atom. The predicted molar refractivity (Wildman–Crippen MR) is 120 cm³/mol. The van der Waals surface area contributed by atoms with Crippen molar-refractivity contribution >= 4 is 28.4 Å². The Morgan fingerprint density at radius 2 is 1.74 bits per heavy atom. The third-order valence-corrected chi connectivity index (χ3v) is 5.46. The Morgan fingerprint density at radius 3 is 2.47 bits per heavy atom. The van der Waals surface area contributed by atoms with Gasteiger partial charge < -0.3 is 5.32 Å². The summed E-state index contributed by atoms with van der Waals surface area (Å²) in [7, 11) is 0. The third kappa shape index (κ3) is 4.79. The van der Waals surface area contributed by atoms with Crippen molar-refractivity contribution in [2.24, 2.45) is 0 Å². The first-order chi connectivity index (χ1) is 16.1. The first kappa shape index (κ1) is 23.4. The molecule has 1 amide bonds. The van der Waals surface area contributed by atoms with Crippen LogP contribution in [0, 0.1) is 5.82 Å². The van der Waals surface area contributed by atoms with E-state index in [2.05, 4.69) is 10.3 Å². The predicted octanol–water partition coefficient (Wildman–Crippen LogP) is 5.19. The highest BCUT2D eigenvalue weighted by atomic mass is 35.5. The van der Waals surface area contributed by atoms with E-state index in [0.717, 1.165) is 16.7 Å². The molecule has 1 N–H and O–H groups in total. The van der Waals surface area contributed by atoms with Gasteiger partial charge in [0.15, 0.2) is 0 Å². The van der Waals surface area contributed by atoms with Crippen molar-refractivity contribution in [2.45, 2.75) is 19.3 Å². The number of para-hydroxylation sites is 1. The van der Waals surface area contributed by atoms with Crippen molar-refractivity contribution in [3.63, 3.8) is 0 Å². The van der Waals surface area contributed by atoms with Crippen molar-refractivity contribution < 1.29 is 22.4 Å². The average molecular weight is 490 g/mol. The fraction of sp³-hybridized carbons (Fsp3) is 0.125. The summed E-state index contributed by atoms with van der Waals surface area (Å²) in [6.07, 6.45) is -4.79. The van der Waals surface area contributed by atoms with Gasteiger partial charge in [-0.1, -0.05) is 41.9 Å².